The van der Waals surface area contributed by atoms with Gasteiger partial charge in [-0.3, -0.25) is 9.78 Å². The van der Waals surface area contributed by atoms with Crippen molar-refractivity contribution in [1.82, 2.24) is 9.88 Å². The molecule has 1 amide bonds. The summed E-state index contributed by atoms with van der Waals surface area (Å²) in [5, 5.41) is 5.29. The quantitative estimate of drug-likeness (QED) is 0.467. The summed E-state index contributed by atoms with van der Waals surface area (Å²) in [6, 6.07) is 10.7. The molecule has 160 valence electrons. The van der Waals surface area contributed by atoms with E-state index in [2.05, 4.69) is 27.0 Å². The second-order valence-electron chi connectivity index (χ2n) is 7.46. The second kappa shape index (κ2) is 8.99. The monoisotopic (exact) mass is 472 g/mol. The zero-order chi connectivity index (χ0) is 22.1. The van der Waals surface area contributed by atoms with Crippen LogP contribution in [0.2, 0.25) is 10.0 Å². The minimum atomic E-state index is -0.377. The van der Waals surface area contributed by atoms with Crippen LogP contribution < -0.4 is 10.2 Å². The Morgan fingerprint density at radius 3 is 2.58 bits per heavy atom. The normalized spacial score (nSPS) is 13.9. The molecule has 1 fully saturated rings. The Balaban J connectivity index is 1.74. The minimum absolute atomic E-state index is 0.242. The van der Waals surface area contributed by atoms with Gasteiger partial charge in [0.1, 0.15) is 0 Å². The average molecular weight is 473 g/mol. The third-order valence-electron chi connectivity index (χ3n) is 5.35. The highest BCUT2D eigenvalue weighted by Gasteiger charge is 2.28. The van der Waals surface area contributed by atoms with Gasteiger partial charge in [0.05, 0.1) is 32.5 Å². The van der Waals surface area contributed by atoms with Crippen LogP contribution in [0.3, 0.4) is 0 Å². The van der Waals surface area contributed by atoms with E-state index in [0.29, 0.717) is 21.2 Å². The van der Waals surface area contributed by atoms with Gasteiger partial charge in [-0.1, -0.05) is 48.3 Å². The van der Waals surface area contributed by atoms with Crippen molar-refractivity contribution >= 4 is 68.7 Å². The third kappa shape index (κ3) is 4.07. The van der Waals surface area contributed by atoms with Gasteiger partial charge in [-0.15, -0.1) is 0 Å². The predicted octanol–water partition coefficient (Wildman–Crippen LogP) is 5.92. The molecule has 1 aromatic heterocycles. The summed E-state index contributed by atoms with van der Waals surface area (Å²) in [6.45, 7) is 6.85. The summed E-state index contributed by atoms with van der Waals surface area (Å²) in [5.74, 6) is -0.377. The van der Waals surface area contributed by atoms with E-state index in [4.69, 9.17) is 35.4 Å². The largest absolute Gasteiger partial charge is 0.347 e. The van der Waals surface area contributed by atoms with E-state index < -0.39 is 0 Å². The SMILES string of the molecule is CCCN1CCN(c2c(C)cnc3c(NC(=O)c4c(Cl)cccc4Cl)cccc23)C1=S. The van der Waals surface area contributed by atoms with Crippen LogP contribution in [0.25, 0.3) is 10.9 Å². The number of hydrogen-bond acceptors (Lipinski definition) is 3. The van der Waals surface area contributed by atoms with Crippen molar-refractivity contribution in [3.8, 4) is 0 Å². The van der Waals surface area contributed by atoms with Crippen molar-refractivity contribution in [2.45, 2.75) is 20.3 Å². The summed E-state index contributed by atoms with van der Waals surface area (Å²) in [4.78, 5) is 21.9. The maximum absolute atomic E-state index is 12.9. The van der Waals surface area contributed by atoms with Gasteiger partial charge < -0.3 is 15.1 Å². The number of carbonyl (C=O) groups is 1. The fraction of sp³-hybridized carbons (Fsp3) is 0.261. The lowest BCUT2D eigenvalue weighted by molar-refractivity contribution is 0.102. The molecular formula is C23H22Cl2N4OS. The highest BCUT2D eigenvalue weighted by atomic mass is 35.5. The van der Waals surface area contributed by atoms with E-state index in [-0.39, 0.29) is 11.5 Å². The second-order valence-corrected chi connectivity index (χ2v) is 8.64. The molecule has 1 aliphatic heterocycles. The summed E-state index contributed by atoms with van der Waals surface area (Å²) in [6.07, 6.45) is 2.87. The number of nitrogens with one attached hydrogen (secondary N) is 1. The number of aromatic nitrogens is 1. The van der Waals surface area contributed by atoms with E-state index in [0.717, 1.165) is 47.8 Å². The van der Waals surface area contributed by atoms with Gasteiger partial charge in [-0.2, -0.15) is 0 Å². The molecule has 2 heterocycles. The first kappa shape index (κ1) is 21.8. The molecule has 31 heavy (non-hydrogen) atoms. The molecule has 0 aliphatic carbocycles. The predicted molar refractivity (Wildman–Crippen MR) is 133 cm³/mol. The summed E-state index contributed by atoms with van der Waals surface area (Å²) in [5.41, 5.74) is 3.59. The molecular weight excluding hydrogens is 451 g/mol. The van der Waals surface area contributed by atoms with Gasteiger partial charge in [0, 0.05) is 31.2 Å². The molecule has 1 saturated heterocycles. The minimum Gasteiger partial charge on any atom is -0.347 e. The highest BCUT2D eigenvalue weighted by Crippen LogP contribution is 2.35. The Morgan fingerprint density at radius 2 is 1.87 bits per heavy atom. The summed E-state index contributed by atoms with van der Waals surface area (Å²) in [7, 11) is 0. The van der Waals surface area contributed by atoms with Crippen molar-refractivity contribution in [3.05, 3.63) is 63.8 Å². The van der Waals surface area contributed by atoms with E-state index in [1.165, 1.54) is 0 Å². The first-order valence-corrected chi connectivity index (χ1v) is 11.3. The zero-order valence-corrected chi connectivity index (χ0v) is 19.6. The average Bonchev–Trinajstić information content (AvgIpc) is 3.08. The van der Waals surface area contributed by atoms with Gasteiger partial charge in [0.15, 0.2) is 5.11 Å². The number of nitrogens with zero attached hydrogens (tertiary/aromatic N) is 3. The van der Waals surface area contributed by atoms with E-state index in [1.54, 1.807) is 18.2 Å². The van der Waals surface area contributed by atoms with Crippen LogP contribution in [0.1, 0.15) is 29.3 Å². The first-order chi connectivity index (χ1) is 14.9. The third-order valence-corrected chi connectivity index (χ3v) is 6.46. The Morgan fingerprint density at radius 1 is 1.16 bits per heavy atom. The van der Waals surface area contributed by atoms with Gasteiger partial charge in [0.25, 0.3) is 5.91 Å². The van der Waals surface area contributed by atoms with Gasteiger partial charge in [0.2, 0.25) is 0 Å². The first-order valence-electron chi connectivity index (χ1n) is 10.1. The number of para-hydroxylation sites is 1. The smallest absolute Gasteiger partial charge is 0.258 e. The molecule has 0 bridgehead atoms. The molecule has 3 aromatic rings. The van der Waals surface area contributed by atoms with Crippen LogP contribution in [0, 0.1) is 6.92 Å². The Kier molecular flexibility index (Phi) is 6.32. The topological polar surface area (TPSA) is 48.5 Å². The fourth-order valence-corrected chi connectivity index (χ4v) is 4.87. The highest BCUT2D eigenvalue weighted by molar-refractivity contribution is 7.80. The number of anilines is 2. The Bertz CT molecular complexity index is 1160. The number of amides is 1. The maximum atomic E-state index is 12.9. The molecule has 5 nitrogen and oxygen atoms in total. The number of benzene rings is 2. The number of halogens is 2. The van der Waals surface area contributed by atoms with Crippen molar-refractivity contribution in [2.24, 2.45) is 0 Å². The van der Waals surface area contributed by atoms with Gasteiger partial charge >= 0.3 is 0 Å². The van der Waals surface area contributed by atoms with Crippen molar-refractivity contribution in [1.29, 1.82) is 0 Å². The molecule has 1 aliphatic rings. The van der Waals surface area contributed by atoms with Crippen LogP contribution in [0.4, 0.5) is 11.4 Å². The molecule has 0 saturated carbocycles. The number of thiocarbonyl (C=S) groups is 1. The van der Waals surface area contributed by atoms with Crippen LogP contribution in [0.5, 0.6) is 0 Å². The zero-order valence-electron chi connectivity index (χ0n) is 17.3. The van der Waals surface area contributed by atoms with Crippen molar-refractivity contribution in [2.75, 3.05) is 29.9 Å². The number of fused-ring (bicyclic) bond motifs is 1. The van der Waals surface area contributed by atoms with E-state index in [1.807, 2.05) is 31.3 Å². The van der Waals surface area contributed by atoms with Crippen LogP contribution in [-0.2, 0) is 0 Å². The number of aryl methyl sites for hydroxylation is 1. The molecule has 0 unspecified atom stereocenters. The number of carbonyl (C=O) groups excluding carboxylic acids is 1. The van der Waals surface area contributed by atoms with Crippen molar-refractivity contribution in [3.63, 3.8) is 0 Å². The maximum Gasteiger partial charge on any atom is 0.258 e. The van der Waals surface area contributed by atoms with Crippen molar-refractivity contribution < 1.29 is 4.79 Å². The molecule has 8 heteroatoms. The number of pyridine rings is 1. The molecule has 1 N–H and O–H groups in total. The molecule has 0 atom stereocenters. The lowest BCUT2D eigenvalue weighted by Gasteiger charge is -2.24. The molecule has 0 radical (unpaired) electrons. The van der Waals surface area contributed by atoms with Crippen LogP contribution >= 0.6 is 35.4 Å². The summed E-state index contributed by atoms with van der Waals surface area (Å²) >= 11 is 18.2. The number of rotatable bonds is 5. The number of hydrogen-bond donors (Lipinski definition) is 1. The fourth-order valence-electron chi connectivity index (χ4n) is 3.93. The van der Waals surface area contributed by atoms with Gasteiger partial charge in [-0.05, 0) is 49.3 Å². The van der Waals surface area contributed by atoms with Crippen LogP contribution in [-0.4, -0.2) is 40.5 Å². The Labute approximate surface area is 196 Å². The molecule has 4 rings (SSSR count). The molecule has 0 spiro atoms. The Hall–Kier alpha value is -2.41. The van der Waals surface area contributed by atoms with E-state index >= 15 is 0 Å². The van der Waals surface area contributed by atoms with Crippen LogP contribution in [0.15, 0.2) is 42.6 Å². The molecule has 2 aromatic carbocycles. The van der Waals surface area contributed by atoms with Gasteiger partial charge in [-0.25, -0.2) is 0 Å². The lowest BCUT2D eigenvalue weighted by Crippen LogP contribution is -2.32. The standard InChI is InChI=1S/C23H22Cl2N4OS/c1-3-10-28-11-12-29(23(28)31)21-14(2)13-26-20-15(21)6-4-9-18(20)27-22(30)19-16(24)7-5-8-17(19)25/h4-9,13H,3,10-12H2,1-2H3,(H,27,30). The lowest BCUT2D eigenvalue weighted by atomic mass is 10.1. The van der Waals surface area contributed by atoms with E-state index in [9.17, 15) is 4.79 Å². The summed E-state index contributed by atoms with van der Waals surface area (Å²) < 4.78 is 0.